The number of rotatable bonds is 4. The first-order chi connectivity index (χ1) is 10.7. The third kappa shape index (κ3) is 2.26. The van der Waals surface area contributed by atoms with Crippen LogP contribution < -0.4 is 0 Å². The van der Waals surface area contributed by atoms with Gasteiger partial charge in [0.05, 0.1) is 24.3 Å². The minimum atomic E-state index is -0.318. The van der Waals surface area contributed by atoms with Crippen molar-refractivity contribution in [2.75, 3.05) is 13.2 Å². The van der Waals surface area contributed by atoms with E-state index in [2.05, 4.69) is 0 Å². The summed E-state index contributed by atoms with van der Waals surface area (Å²) in [5, 5.41) is 0. The molecule has 1 aliphatic carbocycles. The lowest BCUT2D eigenvalue weighted by Crippen LogP contribution is -2.09. The third-order valence-electron chi connectivity index (χ3n) is 3.64. The normalized spacial score (nSPS) is 11.0. The van der Waals surface area contributed by atoms with Crippen molar-refractivity contribution in [3.63, 3.8) is 0 Å². The molecule has 0 radical (unpaired) electrons. The topological polar surface area (TPSA) is 52.6 Å². The van der Waals surface area contributed by atoms with Crippen LogP contribution >= 0.6 is 0 Å². The van der Waals surface area contributed by atoms with Gasteiger partial charge in [-0.1, -0.05) is 12.1 Å². The van der Waals surface area contributed by atoms with E-state index in [4.69, 9.17) is 9.47 Å². The maximum Gasteiger partial charge on any atom is 0.338 e. The SMILES string of the molecule is CCOC(=O)c1ccc2c(c1)-c1ccc(C(=O)OCC)cc1-2. The Morgan fingerprint density at radius 3 is 1.50 bits per heavy atom. The Bertz CT molecular complexity index is 682. The summed E-state index contributed by atoms with van der Waals surface area (Å²) in [6.45, 7) is 4.28. The Hall–Kier alpha value is -2.62. The number of benzene rings is 2. The Balaban J connectivity index is 1.91. The van der Waals surface area contributed by atoms with Crippen molar-refractivity contribution in [2.24, 2.45) is 0 Å². The standard InChI is InChI=1S/C18H16O4/c1-3-21-17(19)11-5-7-13-15(9-11)14-8-6-12(10-16(13)14)18(20)22-4-2/h5-10H,3-4H2,1-2H3. The molecule has 0 heterocycles. The molecule has 0 saturated heterocycles. The van der Waals surface area contributed by atoms with E-state index in [0.29, 0.717) is 24.3 Å². The van der Waals surface area contributed by atoms with Crippen LogP contribution in [0, 0.1) is 0 Å². The van der Waals surface area contributed by atoms with Crippen LogP contribution in [-0.4, -0.2) is 25.2 Å². The zero-order chi connectivity index (χ0) is 15.7. The summed E-state index contributed by atoms with van der Waals surface area (Å²) < 4.78 is 10.0. The van der Waals surface area contributed by atoms with Crippen LogP contribution in [0.1, 0.15) is 34.6 Å². The fourth-order valence-corrected chi connectivity index (χ4v) is 2.62. The molecule has 22 heavy (non-hydrogen) atoms. The monoisotopic (exact) mass is 296 g/mol. The second kappa shape index (κ2) is 5.64. The maximum absolute atomic E-state index is 11.8. The first-order valence-corrected chi connectivity index (χ1v) is 7.28. The second-order valence-electron chi connectivity index (χ2n) is 4.96. The molecule has 0 aromatic heterocycles. The van der Waals surface area contributed by atoms with E-state index >= 15 is 0 Å². The number of ether oxygens (including phenoxy) is 2. The van der Waals surface area contributed by atoms with Crippen molar-refractivity contribution >= 4 is 11.9 Å². The first-order valence-electron chi connectivity index (χ1n) is 7.28. The number of carbonyl (C=O) groups excluding carboxylic acids is 2. The van der Waals surface area contributed by atoms with Gasteiger partial charge < -0.3 is 9.47 Å². The molecule has 0 saturated carbocycles. The number of carbonyl (C=O) groups is 2. The first kappa shape index (κ1) is 14.3. The molecule has 0 atom stereocenters. The minimum absolute atomic E-state index is 0.318. The highest BCUT2D eigenvalue weighted by Gasteiger charge is 2.25. The average Bonchev–Trinajstić information content (AvgIpc) is 2.52. The van der Waals surface area contributed by atoms with Crippen LogP contribution in [0.2, 0.25) is 0 Å². The van der Waals surface area contributed by atoms with E-state index in [0.717, 1.165) is 22.3 Å². The molecule has 0 spiro atoms. The van der Waals surface area contributed by atoms with E-state index < -0.39 is 0 Å². The summed E-state index contributed by atoms with van der Waals surface area (Å²) in [6.07, 6.45) is 0. The Labute approximate surface area is 128 Å². The van der Waals surface area contributed by atoms with Crippen LogP contribution in [0.25, 0.3) is 22.3 Å². The molecule has 0 amide bonds. The summed E-state index contributed by atoms with van der Waals surface area (Å²) in [7, 11) is 0. The Kier molecular flexibility index (Phi) is 3.67. The van der Waals surface area contributed by atoms with Gasteiger partial charge in [0.2, 0.25) is 0 Å². The van der Waals surface area contributed by atoms with E-state index in [1.807, 2.05) is 24.3 Å². The van der Waals surface area contributed by atoms with Gasteiger partial charge in [-0.15, -0.1) is 0 Å². The van der Waals surface area contributed by atoms with Crippen molar-refractivity contribution in [2.45, 2.75) is 13.8 Å². The van der Waals surface area contributed by atoms with Crippen molar-refractivity contribution in [1.82, 2.24) is 0 Å². The average molecular weight is 296 g/mol. The molecule has 4 nitrogen and oxygen atoms in total. The van der Waals surface area contributed by atoms with Crippen molar-refractivity contribution in [1.29, 1.82) is 0 Å². The van der Waals surface area contributed by atoms with E-state index in [1.54, 1.807) is 26.0 Å². The molecular weight excluding hydrogens is 280 g/mol. The predicted molar refractivity (Wildman–Crippen MR) is 82.8 cm³/mol. The van der Waals surface area contributed by atoms with Crippen LogP contribution in [0.15, 0.2) is 36.4 Å². The molecule has 2 aromatic rings. The Morgan fingerprint density at radius 2 is 1.14 bits per heavy atom. The highest BCUT2D eigenvalue weighted by molar-refractivity contribution is 6.07. The molecule has 0 aliphatic heterocycles. The maximum atomic E-state index is 11.8. The van der Waals surface area contributed by atoms with Gasteiger partial charge in [-0.2, -0.15) is 0 Å². The molecule has 0 fully saturated rings. The van der Waals surface area contributed by atoms with Crippen LogP contribution in [0.4, 0.5) is 0 Å². The molecule has 1 aliphatic rings. The zero-order valence-electron chi connectivity index (χ0n) is 12.5. The number of hydrogen-bond donors (Lipinski definition) is 0. The number of esters is 2. The van der Waals surface area contributed by atoms with Crippen LogP contribution in [0.3, 0.4) is 0 Å². The highest BCUT2D eigenvalue weighted by atomic mass is 16.5. The number of hydrogen-bond acceptors (Lipinski definition) is 4. The molecule has 112 valence electrons. The van der Waals surface area contributed by atoms with E-state index in [9.17, 15) is 9.59 Å². The summed E-state index contributed by atoms with van der Waals surface area (Å²) >= 11 is 0. The smallest absolute Gasteiger partial charge is 0.338 e. The summed E-state index contributed by atoms with van der Waals surface area (Å²) in [5.74, 6) is -0.635. The second-order valence-corrected chi connectivity index (χ2v) is 4.96. The molecular formula is C18H16O4. The van der Waals surface area contributed by atoms with Gasteiger partial charge in [0.1, 0.15) is 0 Å². The van der Waals surface area contributed by atoms with Gasteiger partial charge in [-0.3, -0.25) is 0 Å². The van der Waals surface area contributed by atoms with Gasteiger partial charge in [-0.25, -0.2) is 9.59 Å². The minimum Gasteiger partial charge on any atom is -0.462 e. The molecule has 3 rings (SSSR count). The Morgan fingerprint density at radius 1 is 0.727 bits per heavy atom. The highest BCUT2D eigenvalue weighted by Crippen LogP contribution is 2.47. The summed E-state index contributed by atoms with van der Waals surface area (Å²) in [6, 6.07) is 10.9. The number of fused-ring (bicyclic) bond motifs is 4. The van der Waals surface area contributed by atoms with E-state index in [1.165, 1.54) is 0 Å². The van der Waals surface area contributed by atoms with Gasteiger partial charge in [0.15, 0.2) is 0 Å². The van der Waals surface area contributed by atoms with Crippen molar-refractivity contribution in [3.8, 4) is 22.3 Å². The quantitative estimate of drug-likeness (QED) is 0.689. The molecule has 0 bridgehead atoms. The largest absolute Gasteiger partial charge is 0.462 e. The lowest BCUT2D eigenvalue weighted by Gasteiger charge is -2.25. The molecule has 4 heteroatoms. The van der Waals surface area contributed by atoms with Crippen molar-refractivity contribution < 1.29 is 19.1 Å². The van der Waals surface area contributed by atoms with Crippen LogP contribution in [0.5, 0.6) is 0 Å². The molecule has 0 unspecified atom stereocenters. The van der Waals surface area contributed by atoms with Gasteiger partial charge in [0, 0.05) is 0 Å². The van der Waals surface area contributed by atoms with Gasteiger partial charge in [-0.05, 0) is 60.4 Å². The molecule has 2 aromatic carbocycles. The fraction of sp³-hybridized carbons (Fsp3) is 0.222. The lowest BCUT2D eigenvalue weighted by molar-refractivity contribution is 0.0517. The van der Waals surface area contributed by atoms with Gasteiger partial charge >= 0.3 is 11.9 Å². The summed E-state index contributed by atoms with van der Waals surface area (Å²) in [4.78, 5) is 23.6. The predicted octanol–water partition coefficient (Wildman–Crippen LogP) is 3.69. The fourth-order valence-electron chi connectivity index (χ4n) is 2.62. The van der Waals surface area contributed by atoms with Crippen LogP contribution in [-0.2, 0) is 9.47 Å². The van der Waals surface area contributed by atoms with Crippen molar-refractivity contribution in [3.05, 3.63) is 47.5 Å². The lowest BCUT2D eigenvalue weighted by atomic mass is 9.79. The summed E-state index contributed by atoms with van der Waals surface area (Å²) in [5.41, 5.74) is 5.18. The van der Waals surface area contributed by atoms with E-state index in [-0.39, 0.29) is 11.9 Å². The molecule has 0 N–H and O–H groups in total. The zero-order valence-corrected chi connectivity index (χ0v) is 12.5. The van der Waals surface area contributed by atoms with Gasteiger partial charge in [0.25, 0.3) is 0 Å². The third-order valence-corrected chi connectivity index (χ3v) is 3.64.